The highest BCUT2D eigenvalue weighted by molar-refractivity contribution is 5.70. The minimum absolute atomic E-state index is 0.202. The van der Waals surface area contributed by atoms with Crippen LogP contribution in [0, 0.1) is 22.7 Å². The van der Waals surface area contributed by atoms with Gasteiger partial charge in [-0.2, -0.15) is 0 Å². The molecule has 3 aliphatic rings. The Hall–Kier alpha value is -2.98. The SMILES string of the molecule is C=C/C(C)=C/C[C@]1(C)[C@H](C)[C@@H](OC(=O)CCCCCCCCC)[C@H](OC(C)=O)[C@@]23C(=C[C@H](O)C[C@@H]12)[C@@H](OC(C)=O)O[C@H]3OC(C)=O. The number of aliphatic hydroxyl groups excluding tert-OH is 1. The summed E-state index contributed by atoms with van der Waals surface area (Å²) in [5.41, 5.74) is -0.919. The highest BCUT2D eigenvalue weighted by atomic mass is 16.8. The monoisotopic (exact) mass is 646 g/mol. The first-order valence-corrected chi connectivity index (χ1v) is 16.8. The van der Waals surface area contributed by atoms with Crippen molar-refractivity contribution in [1.29, 1.82) is 0 Å². The van der Waals surface area contributed by atoms with Crippen LogP contribution in [0.4, 0.5) is 0 Å². The summed E-state index contributed by atoms with van der Waals surface area (Å²) in [6, 6.07) is 0. The van der Waals surface area contributed by atoms with E-state index in [0.29, 0.717) is 18.4 Å². The number of rotatable bonds is 15. The van der Waals surface area contributed by atoms with Gasteiger partial charge in [-0.1, -0.05) is 83.6 Å². The van der Waals surface area contributed by atoms with Crippen molar-refractivity contribution in [2.75, 3.05) is 0 Å². The van der Waals surface area contributed by atoms with Gasteiger partial charge in [0.25, 0.3) is 0 Å². The molecule has 46 heavy (non-hydrogen) atoms. The molecule has 1 saturated heterocycles. The fourth-order valence-electron chi connectivity index (χ4n) is 7.73. The van der Waals surface area contributed by atoms with E-state index in [1.807, 2.05) is 26.8 Å². The average Bonchev–Trinajstić information content (AvgIpc) is 3.26. The van der Waals surface area contributed by atoms with Gasteiger partial charge < -0.3 is 24.1 Å². The number of unbranched alkanes of at least 4 members (excludes halogenated alkanes) is 6. The van der Waals surface area contributed by atoms with Gasteiger partial charge in [0.1, 0.15) is 11.5 Å². The minimum Gasteiger partial charge on any atom is -0.458 e. The van der Waals surface area contributed by atoms with Gasteiger partial charge in [-0.05, 0) is 43.6 Å². The van der Waals surface area contributed by atoms with Crippen LogP contribution in [0.2, 0.25) is 0 Å². The van der Waals surface area contributed by atoms with Gasteiger partial charge in [0.15, 0.2) is 6.10 Å². The van der Waals surface area contributed by atoms with Gasteiger partial charge >= 0.3 is 23.9 Å². The van der Waals surface area contributed by atoms with E-state index < -0.39 is 77.4 Å². The lowest BCUT2D eigenvalue weighted by atomic mass is 9.44. The molecule has 10 heteroatoms. The third kappa shape index (κ3) is 8.11. The fraction of sp³-hybridized carbons (Fsp3) is 0.722. The molecule has 1 N–H and O–H groups in total. The van der Waals surface area contributed by atoms with Crippen LogP contribution in [0.5, 0.6) is 0 Å². The Balaban J connectivity index is 2.15. The molecule has 1 spiro atoms. The zero-order valence-corrected chi connectivity index (χ0v) is 28.7. The molecule has 1 saturated carbocycles. The third-order valence-electron chi connectivity index (χ3n) is 10.2. The number of carbonyl (C=O) groups excluding carboxylic acids is 4. The lowest BCUT2D eigenvalue weighted by molar-refractivity contribution is -0.279. The van der Waals surface area contributed by atoms with Crippen molar-refractivity contribution in [3.63, 3.8) is 0 Å². The standard InChI is InChI=1S/C36H54O10/c1-9-11-12-13-14-15-16-17-30(41)45-31-23(4)35(8,19-18-22(3)10-2)29-21-27(40)20-28-33(43-25(6)38)46-34(44-26(7)39)36(28,29)32(31)42-24(5)37/h10,18,20,23,27,29,31-34,40H,2,9,11-17,19,21H2,1,3-8H3/b22-18+/t23-,27+,29+,31-,32+,33+,34-,35-,36-/m1/s1. The Bertz CT molecular complexity index is 1190. The molecule has 3 rings (SSSR count). The normalized spacial score (nSPS) is 33.6. The Kier molecular flexibility index (Phi) is 13.2. The minimum atomic E-state index is -1.45. The van der Waals surface area contributed by atoms with Crippen molar-refractivity contribution in [2.24, 2.45) is 22.7 Å². The van der Waals surface area contributed by atoms with Crippen LogP contribution in [0.1, 0.15) is 113 Å². The van der Waals surface area contributed by atoms with Crippen LogP contribution in [0.3, 0.4) is 0 Å². The smallest absolute Gasteiger partial charge is 0.306 e. The van der Waals surface area contributed by atoms with Crippen LogP contribution in [-0.2, 0) is 42.9 Å². The molecule has 0 radical (unpaired) electrons. The van der Waals surface area contributed by atoms with Gasteiger partial charge in [0.05, 0.1) is 6.10 Å². The average molecular weight is 647 g/mol. The van der Waals surface area contributed by atoms with Crippen LogP contribution in [0.15, 0.2) is 36.0 Å². The zero-order valence-electron chi connectivity index (χ0n) is 28.7. The molecular formula is C36H54O10. The molecule has 9 atom stereocenters. The molecule has 2 fully saturated rings. The van der Waals surface area contributed by atoms with E-state index in [1.54, 1.807) is 6.08 Å². The number of hydrogen-bond acceptors (Lipinski definition) is 10. The highest BCUT2D eigenvalue weighted by Crippen LogP contribution is 2.68. The first kappa shape index (κ1) is 37.5. The number of hydrogen-bond donors (Lipinski definition) is 1. The van der Waals surface area contributed by atoms with E-state index >= 15 is 0 Å². The summed E-state index contributed by atoms with van der Waals surface area (Å²) in [4.78, 5) is 51.1. The lowest BCUT2D eigenvalue weighted by Crippen LogP contribution is -2.69. The molecule has 0 aromatic rings. The van der Waals surface area contributed by atoms with Crippen molar-refractivity contribution in [2.45, 2.75) is 144 Å². The Morgan fingerprint density at radius 3 is 2.15 bits per heavy atom. The third-order valence-corrected chi connectivity index (χ3v) is 10.2. The predicted octanol–water partition coefficient (Wildman–Crippen LogP) is 6.25. The second kappa shape index (κ2) is 16.2. The van der Waals surface area contributed by atoms with Gasteiger partial charge in [-0.15, -0.1) is 0 Å². The summed E-state index contributed by atoms with van der Waals surface area (Å²) in [5.74, 6) is -3.29. The van der Waals surface area contributed by atoms with Gasteiger partial charge in [-0.3, -0.25) is 23.9 Å². The maximum Gasteiger partial charge on any atom is 0.306 e. The second-order valence-electron chi connectivity index (χ2n) is 13.4. The highest BCUT2D eigenvalue weighted by Gasteiger charge is 2.75. The summed E-state index contributed by atoms with van der Waals surface area (Å²) in [6.45, 7) is 15.7. The van der Waals surface area contributed by atoms with Crippen molar-refractivity contribution in [1.82, 2.24) is 0 Å². The first-order chi connectivity index (χ1) is 21.7. The molecule has 0 bridgehead atoms. The van der Waals surface area contributed by atoms with Crippen molar-refractivity contribution in [3.05, 3.63) is 36.0 Å². The molecule has 10 nitrogen and oxygen atoms in total. The van der Waals surface area contributed by atoms with Crippen molar-refractivity contribution < 1.29 is 48.0 Å². The number of aliphatic hydroxyl groups is 1. The number of allylic oxidation sites excluding steroid dienone is 3. The van der Waals surface area contributed by atoms with Gasteiger partial charge in [0.2, 0.25) is 12.6 Å². The molecule has 0 unspecified atom stereocenters. The molecule has 0 aromatic carbocycles. The van der Waals surface area contributed by atoms with Crippen molar-refractivity contribution >= 4 is 23.9 Å². The molecule has 2 aliphatic carbocycles. The number of carbonyl (C=O) groups is 4. The Labute approximate surface area is 273 Å². The summed E-state index contributed by atoms with van der Waals surface area (Å²) in [6.07, 6.45) is 7.65. The van der Waals surface area contributed by atoms with Crippen LogP contribution in [-0.4, -0.2) is 59.9 Å². The predicted molar refractivity (Wildman–Crippen MR) is 171 cm³/mol. The van der Waals surface area contributed by atoms with E-state index in [0.717, 1.165) is 24.8 Å². The topological polar surface area (TPSA) is 135 Å². The molecule has 0 aromatic heterocycles. The van der Waals surface area contributed by atoms with Crippen LogP contribution in [0.25, 0.3) is 0 Å². The summed E-state index contributed by atoms with van der Waals surface area (Å²) in [7, 11) is 0. The lowest BCUT2D eigenvalue weighted by Gasteiger charge is -2.62. The van der Waals surface area contributed by atoms with Gasteiger partial charge in [0, 0.05) is 38.7 Å². The van der Waals surface area contributed by atoms with Crippen LogP contribution >= 0.6 is 0 Å². The van der Waals surface area contributed by atoms with Crippen molar-refractivity contribution in [3.8, 4) is 0 Å². The maximum atomic E-state index is 13.5. The molecular weight excluding hydrogens is 592 g/mol. The Morgan fingerprint density at radius 1 is 0.957 bits per heavy atom. The number of ether oxygens (including phenoxy) is 5. The molecule has 0 amide bonds. The second-order valence-corrected chi connectivity index (χ2v) is 13.4. The van der Waals surface area contributed by atoms with E-state index in [1.165, 1.54) is 46.1 Å². The largest absolute Gasteiger partial charge is 0.458 e. The molecule has 1 aliphatic heterocycles. The fourth-order valence-corrected chi connectivity index (χ4v) is 7.73. The molecule has 1 heterocycles. The molecule has 258 valence electrons. The van der Waals surface area contributed by atoms with E-state index in [2.05, 4.69) is 13.5 Å². The van der Waals surface area contributed by atoms with Crippen LogP contribution < -0.4 is 0 Å². The summed E-state index contributed by atoms with van der Waals surface area (Å²) >= 11 is 0. The summed E-state index contributed by atoms with van der Waals surface area (Å²) < 4.78 is 29.9. The number of esters is 4. The zero-order chi connectivity index (χ0) is 34.2. The quantitative estimate of drug-likeness (QED) is 0.0715. The van der Waals surface area contributed by atoms with E-state index in [9.17, 15) is 24.3 Å². The first-order valence-electron chi connectivity index (χ1n) is 16.8. The van der Waals surface area contributed by atoms with E-state index in [-0.39, 0.29) is 12.8 Å². The maximum absolute atomic E-state index is 13.5. The summed E-state index contributed by atoms with van der Waals surface area (Å²) in [5, 5.41) is 11.2. The van der Waals surface area contributed by atoms with E-state index in [4.69, 9.17) is 23.7 Å². The van der Waals surface area contributed by atoms with Gasteiger partial charge in [-0.25, -0.2) is 0 Å². The Morgan fingerprint density at radius 2 is 1.57 bits per heavy atom.